The molecule has 18 heavy (non-hydrogen) atoms. The van der Waals surface area contributed by atoms with Crippen LogP contribution in [-0.2, 0) is 0 Å². The summed E-state index contributed by atoms with van der Waals surface area (Å²) >= 11 is 0. The molecule has 1 aliphatic heterocycles. The van der Waals surface area contributed by atoms with Crippen LogP contribution < -0.4 is 11.5 Å². The van der Waals surface area contributed by atoms with Crippen LogP contribution in [0.4, 0.5) is 20.6 Å². The van der Waals surface area contributed by atoms with Gasteiger partial charge in [0.2, 0.25) is 0 Å². The highest BCUT2D eigenvalue weighted by Crippen LogP contribution is 2.35. The van der Waals surface area contributed by atoms with Crippen molar-refractivity contribution in [2.24, 2.45) is 0 Å². The van der Waals surface area contributed by atoms with Crippen LogP contribution in [0.15, 0.2) is 12.1 Å². The van der Waals surface area contributed by atoms with Crippen molar-refractivity contribution >= 4 is 17.5 Å². The van der Waals surface area contributed by atoms with Crippen LogP contribution in [0.25, 0.3) is 0 Å². The average Bonchev–Trinajstić information content (AvgIpc) is 2.36. The lowest BCUT2D eigenvalue weighted by molar-refractivity contribution is 0.105. The molecule has 1 aromatic rings. The van der Waals surface area contributed by atoms with Crippen molar-refractivity contribution in [3.8, 4) is 0 Å². The van der Waals surface area contributed by atoms with E-state index < -0.39 is 18.0 Å². The van der Waals surface area contributed by atoms with Crippen LogP contribution in [0.5, 0.6) is 0 Å². The normalized spacial score (nSPS) is 19.8. The van der Waals surface area contributed by atoms with E-state index in [1.807, 2.05) is 0 Å². The Labute approximate surface area is 104 Å². The van der Waals surface area contributed by atoms with Gasteiger partial charge in [-0.3, -0.25) is 0 Å². The minimum atomic E-state index is -1.03. The summed E-state index contributed by atoms with van der Waals surface area (Å²) in [6, 6.07) is 2.56. The highest BCUT2D eigenvalue weighted by molar-refractivity contribution is 5.68. The Kier molecular flexibility index (Phi) is 3.27. The molecule has 1 aliphatic rings. The number of carboxylic acid groups (broad SMARTS) is 1. The molecule has 1 atom stereocenters. The van der Waals surface area contributed by atoms with Gasteiger partial charge in [-0.05, 0) is 25.3 Å². The van der Waals surface area contributed by atoms with Gasteiger partial charge in [0.1, 0.15) is 0 Å². The summed E-state index contributed by atoms with van der Waals surface area (Å²) in [6.45, 7) is 0.420. The predicted molar refractivity (Wildman–Crippen MR) is 66.5 cm³/mol. The Morgan fingerprint density at radius 1 is 1.39 bits per heavy atom. The zero-order valence-corrected chi connectivity index (χ0v) is 9.90. The molecule has 1 aromatic carbocycles. The molecule has 2 rings (SSSR count). The Balaban J connectivity index is 2.40. The summed E-state index contributed by atoms with van der Waals surface area (Å²) in [4.78, 5) is 12.4. The molecule has 0 spiro atoms. The Morgan fingerprint density at radius 2 is 2.11 bits per heavy atom. The molecule has 1 unspecified atom stereocenters. The zero-order valence-electron chi connectivity index (χ0n) is 9.90. The minimum Gasteiger partial charge on any atom is -0.465 e. The molecule has 6 heteroatoms. The van der Waals surface area contributed by atoms with Crippen LogP contribution in [0.3, 0.4) is 0 Å². The van der Waals surface area contributed by atoms with E-state index in [0.29, 0.717) is 18.5 Å². The maximum atomic E-state index is 14.1. The first kappa shape index (κ1) is 12.5. The molecule has 1 fully saturated rings. The number of benzene rings is 1. The second-order valence-electron chi connectivity index (χ2n) is 4.46. The summed E-state index contributed by atoms with van der Waals surface area (Å²) in [5, 5.41) is 9.13. The van der Waals surface area contributed by atoms with Gasteiger partial charge in [-0.25, -0.2) is 9.18 Å². The number of carbonyl (C=O) groups is 1. The first-order valence-electron chi connectivity index (χ1n) is 5.85. The summed E-state index contributed by atoms with van der Waals surface area (Å²) in [6.07, 6.45) is 1.24. The van der Waals surface area contributed by atoms with Gasteiger partial charge in [0, 0.05) is 12.1 Å². The third-order valence-corrected chi connectivity index (χ3v) is 3.35. The predicted octanol–water partition coefficient (Wildman–Crippen LogP) is 2.20. The number of likely N-dealkylation sites (tertiary alicyclic amines) is 1. The van der Waals surface area contributed by atoms with Crippen molar-refractivity contribution in [1.29, 1.82) is 0 Å². The summed E-state index contributed by atoms with van der Waals surface area (Å²) in [5.74, 6) is -0.604. The number of halogens is 1. The van der Waals surface area contributed by atoms with Crippen LogP contribution in [0, 0.1) is 5.82 Å². The van der Waals surface area contributed by atoms with Crippen molar-refractivity contribution in [3.63, 3.8) is 0 Å². The standard InChI is InChI=1S/C12H16FN3O2/c13-10-7(4-5-8(14)11(10)15)9-3-1-2-6-16(9)12(17)18/h4-5,9H,1-3,6,14-15H2,(H,17,18). The fraction of sp³-hybridized carbons (Fsp3) is 0.417. The van der Waals surface area contributed by atoms with Gasteiger partial charge in [-0.1, -0.05) is 6.07 Å². The SMILES string of the molecule is Nc1ccc(C2CCCCN2C(=O)O)c(F)c1N. The van der Waals surface area contributed by atoms with E-state index in [4.69, 9.17) is 16.6 Å². The van der Waals surface area contributed by atoms with E-state index in [9.17, 15) is 9.18 Å². The van der Waals surface area contributed by atoms with Gasteiger partial charge in [-0.15, -0.1) is 0 Å². The topological polar surface area (TPSA) is 92.6 Å². The molecular formula is C12H16FN3O2. The minimum absolute atomic E-state index is 0.108. The molecule has 0 bridgehead atoms. The van der Waals surface area contributed by atoms with Crippen molar-refractivity contribution in [2.75, 3.05) is 18.0 Å². The van der Waals surface area contributed by atoms with Crippen LogP contribution in [0.2, 0.25) is 0 Å². The number of nitrogen functional groups attached to an aromatic ring is 2. The lowest BCUT2D eigenvalue weighted by atomic mass is 9.94. The Hall–Kier alpha value is -1.98. The van der Waals surface area contributed by atoms with Gasteiger partial charge in [0.25, 0.3) is 0 Å². The van der Waals surface area contributed by atoms with Crippen LogP contribution >= 0.6 is 0 Å². The Bertz CT molecular complexity index is 479. The van der Waals surface area contributed by atoms with E-state index in [1.165, 1.54) is 17.0 Å². The van der Waals surface area contributed by atoms with Gasteiger partial charge in [-0.2, -0.15) is 0 Å². The second kappa shape index (κ2) is 4.72. The van der Waals surface area contributed by atoms with E-state index in [2.05, 4.69) is 0 Å². The number of rotatable bonds is 1. The lowest BCUT2D eigenvalue weighted by Gasteiger charge is -2.34. The third kappa shape index (κ3) is 2.05. The molecule has 1 heterocycles. The number of hydrogen-bond donors (Lipinski definition) is 3. The average molecular weight is 253 g/mol. The quantitative estimate of drug-likeness (QED) is 0.669. The van der Waals surface area contributed by atoms with Gasteiger partial charge >= 0.3 is 6.09 Å². The number of nitrogens with two attached hydrogens (primary N) is 2. The molecule has 0 aromatic heterocycles. The second-order valence-corrected chi connectivity index (χ2v) is 4.46. The van der Waals surface area contributed by atoms with Crippen LogP contribution in [-0.4, -0.2) is 22.6 Å². The first-order chi connectivity index (χ1) is 8.52. The molecular weight excluding hydrogens is 237 g/mol. The monoisotopic (exact) mass is 253 g/mol. The molecule has 0 radical (unpaired) electrons. The fourth-order valence-corrected chi connectivity index (χ4v) is 2.37. The van der Waals surface area contributed by atoms with E-state index in [-0.39, 0.29) is 11.4 Å². The fourth-order valence-electron chi connectivity index (χ4n) is 2.37. The van der Waals surface area contributed by atoms with E-state index in [0.717, 1.165) is 12.8 Å². The Morgan fingerprint density at radius 3 is 2.78 bits per heavy atom. The van der Waals surface area contributed by atoms with Gasteiger partial charge in [0.05, 0.1) is 17.4 Å². The maximum Gasteiger partial charge on any atom is 0.407 e. The maximum absolute atomic E-state index is 14.1. The summed E-state index contributed by atoms with van der Waals surface area (Å²) in [5.41, 5.74) is 11.4. The lowest BCUT2D eigenvalue weighted by Crippen LogP contribution is -2.37. The van der Waals surface area contributed by atoms with Gasteiger partial charge in [0.15, 0.2) is 5.82 Å². The van der Waals surface area contributed by atoms with E-state index in [1.54, 1.807) is 0 Å². The smallest absolute Gasteiger partial charge is 0.407 e. The highest BCUT2D eigenvalue weighted by Gasteiger charge is 2.30. The molecule has 98 valence electrons. The number of piperidine rings is 1. The molecule has 5 nitrogen and oxygen atoms in total. The number of hydrogen-bond acceptors (Lipinski definition) is 3. The molecule has 5 N–H and O–H groups in total. The summed E-state index contributed by atoms with van der Waals surface area (Å²) in [7, 11) is 0. The van der Waals surface area contributed by atoms with Crippen molar-refractivity contribution in [1.82, 2.24) is 4.90 Å². The molecule has 1 amide bonds. The van der Waals surface area contributed by atoms with Crippen molar-refractivity contribution in [3.05, 3.63) is 23.5 Å². The summed E-state index contributed by atoms with van der Waals surface area (Å²) < 4.78 is 14.1. The van der Waals surface area contributed by atoms with Crippen molar-refractivity contribution < 1.29 is 14.3 Å². The molecule has 1 saturated heterocycles. The van der Waals surface area contributed by atoms with Crippen molar-refractivity contribution in [2.45, 2.75) is 25.3 Å². The third-order valence-electron chi connectivity index (χ3n) is 3.35. The zero-order chi connectivity index (χ0) is 13.3. The number of amides is 1. The highest BCUT2D eigenvalue weighted by atomic mass is 19.1. The van der Waals surface area contributed by atoms with Gasteiger partial charge < -0.3 is 21.5 Å². The largest absolute Gasteiger partial charge is 0.465 e. The number of nitrogens with zero attached hydrogens (tertiary/aromatic N) is 1. The van der Waals surface area contributed by atoms with Crippen LogP contribution in [0.1, 0.15) is 30.9 Å². The molecule has 0 saturated carbocycles. The molecule has 0 aliphatic carbocycles. The number of anilines is 2. The van der Waals surface area contributed by atoms with E-state index >= 15 is 0 Å². The first-order valence-corrected chi connectivity index (χ1v) is 5.85.